The van der Waals surface area contributed by atoms with Crippen molar-refractivity contribution in [2.75, 3.05) is 11.9 Å². The molecule has 0 amide bonds. The Balaban J connectivity index is 2.15. The lowest BCUT2D eigenvalue weighted by Gasteiger charge is -2.12. The van der Waals surface area contributed by atoms with Gasteiger partial charge in [0.2, 0.25) is 0 Å². The number of pyridine rings is 1. The van der Waals surface area contributed by atoms with E-state index in [1.54, 1.807) is 6.33 Å². The highest BCUT2D eigenvalue weighted by atomic mass is 15.0. The molecule has 0 atom stereocenters. The molecule has 2 heterocycles. The molecule has 4 heteroatoms. The fraction of sp³-hybridized carbons (Fsp3) is 0.235. The van der Waals surface area contributed by atoms with E-state index in [0.29, 0.717) is 0 Å². The summed E-state index contributed by atoms with van der Waals surface area (Å²) < 4.78 is 0. The van der Waals surface area contributed by atoms with Crippen molar-refractivity contribution in [1.29, 1.82) is 0 Å². The first kappa shape index (κ1) is 13.5. The van der Waals surface area contributed by atoms with E-state index in [9.17, 15) is 0 Å². The molecule has 3 aromatic rings. The third-order valence-electron chi connectivity index (χ3n) is 3.51. The van der Waals surface area contributed by atoms with Gasteiger partial charge in [-0.3, -0.25) is 4.98 Å². The van der Waals surface area contributed by atoms with E-state index in [2.05, 4.69) is 52.3 Å². The average molecular weight is 278 g/mol. The second kappa shape index (κ2) is 5.87. The van der Waals surface area contributed by atoms with Gasteiger partial charge in [0, 0.05) is 29.3 Å². The Hall–Kier alpha value is -2.49. The molecule has 4 nitrogen and oxygen atoms in total. The molecule has 21 heavy (non-hydrogen) atoms. The Morgan fingerprint density at radius 3 is 2.76 bits per heavy atom. The number of hydrogen-bond donors (Lipinski definition) is 1. The van der Waals surface area contributed by atoms with Gasteiger partial charge < -0.3 is 5.32 Å². The van der Waals surface area contributed by atoms with Crippen molar-refractivity contribution >= 4 is 16.7 Å². The highest BCUT2D eigenvalue weighted by Gasteiger charge is 2.12. The van der Waals surface area contributed by atoms with Crippen LogP contribution in [0.15, 0.2) is 42.9 Å². The Bertz CT molecular complexity index is 762. The molecule has 1 N–H and O–H groups in total. The van der Waals surface area contributed by atoms with Crippen LogP contribution in [0.3, 0.4) is 0 Å². The molecule has 0 aliphatic rings. The summed E-state index contributed by atoms with van der Waals surface area (Å²) in [5, 5.41) is 4.47. The molecule has 0 spiro atoms. The SMILES string of the molecule is CCCNc1ncnc(-c2cccc3cccnc23)c1C. The number of nitrogens with zero attached hydrogens (tertiary/aromatic N) is 3. The number of benzene rings is 1. The molecule has 3 rings (SSSR count). The van der Waals surface area contributed by atoms with Crippen molar-refractivity contribution < 1.29 is 0 Å². The van der Waals surface area contributed by atoms with Gasteiger partial charge in [-0.25, -0.2) is 9.97 Å². The molecule has 0 bridgehead atoms. The quantitative estimate of drug-likeness (QED) is 0.788. The van der Waals surface area contributed by atoms with Gasteiger partial charge in [-0.15, -0.1) is 0 Å². The first-order valence-corrected chi connectivity index (χ1v) is 7.21. The number of fused-ring (bicyclic) bond motifs is 1. The maximum Gasteiger partial charge on any atom is 0.132 e. The summed E-state index contributed by atoms with van der Waals surface area (Å²) in [5.41, 5.74) is 4.02. The maximum atomic E-state index is 4.51. The lowest BCUT2D eigenvalue weighted by molar-refractivity contribution is 0.960. The zero-order valence-electron chi connectivity index (χ0n) is 12.3. The van der Waals surface area contributed by atoms with Crippen LogP contribution >= 0.6 is 0 Å². The topological polar surface area (TPSA) is 50.7 Å². The van der Waals surface area contributed by atoms with Crippen LogP contribution in [0.1, 0.15) is 18.9 Å². The zero-order valence-corrected chi connectivity index (χ0v) is 12.3. The molecule has 0 unspecified atom stereocenters. The monoisotopic (exact) mass is 278 g/mol. The third kappa shape index (κ3) is 2.57. The first-order valence-electron chi connectivity index (χ1n) is 7.21. The smallest absolute Gasteiger partial charge is 0.132 e. The molecule has 0 aliphatic heterocycles. The van der Waals surface area contributed by atoms with Crippen LogP contribution in [0.5, 0.6) is 0 Å². The van der Waals surface area contributed by atoms with Crippen LogP contribution in [0.25, 0.3) is 22.2 Å². The van der Waals surface area contributed by atoms with E-state index in [4.69, 9.17) is 0 Å². The molecule has 0 saturated heterocycles. The number of nitrogens with one attached hydrogen (secondary N) is 1. The van der Waals surface area contributed by atoms with Crippen LogP contribution in [0.4, 0.5) is 5.82 Å². The number of rotatable bonds is 4. The van der Waals surface area contributed by atoms with Crippen molar-refractivity contribution in [1.82, 2.24) is 15.0 Å². The van der Waals surface area contributed by atoms with Crippen LogP contribution < -0.4 is 5.32 Å². The summed E-state index contributed by atoms with van der Waals surface area (Å²) in [7, 11) is 0. The van der Waals surface area contributed by atoms with Crippen LogP contribution in [0.2, 0.25) is 0 Å². The summed E-state index contributed by atoms with van der Waals surface area (Å²) in [5.74, 6) is 0.898. The molecule has 0 saturated carbocycles. The van der Waals surface area contributed by atoms with Gasteiger partial charge in [0.1, 0.15) is 12.1 Å². The second-order valence-electron chi connectivity index (χ2n) is 5.00. The molecular formula is C17H18N4. The lowest BCUT2D eigenvalue weighted by Crippen LogP contribution is -2.05. The van der Waals surface area contributed by atoms with Crippen molar-refractivity contribution in [3.8, 4) is 11.3 Å². The molecule has 0 radical (unpaired) electrons. The minimum Gasteiger partial charge on any atom is -0.370 e. The van der Waals surface area contributed by atoms with Crippen LogP contribution in [-0.2, 0) is 0 Å². The Morgan fingerprint density at radius 1 is 1.05 bits per heavy atom. The summed E-state index contributed by atoms with van der Waals surface area (Å²) >= 11 is 0. The largest absolute Gasteiger partial charge is 0.370 e. The Morgan fingerprint density at radius 2 is 1.90 bits per heavy atom. The summed E-state index contributed by atoms with van der Waals surface area (Å²) in [6.45, 7) is 5.10. The lowest BCUT2D eigenvalue weighted by atomic mass is 10.0. The minimum absolute atomic E-state index is 0.898. The predicted molar refractivity (Wildman–Crippen MR) is 86.3 cm³/mol. The Kier molecular flexibility index (Phi) is 3.77. The van der Waals surface area contributed by atoms with Gasteiger partial charge in [0.15, 0.2) is 0 Å². The molecule has 2 aromatic heterocycles. The molecule has 0 aliphatic carbocycles. The summed E-state index contributed by atoms with van der Waals surface area (Å²) in [6.07, 6.45) is 4.50. The van der Waals surface area contributed by atoms with Crippen molar-refractivity contribution in [2.45, 2.75) is 20.3 Å². The van der Waals surface area contributed by atoms with Crippen LogP contribution in [0, 0.1) is 6.92 Å². The number of hydrogen-bond acceptors (Lipinski definition) is 4. The number of aromatic nitrogens is 3. The molecule has 1 aromatic carbocycles. The van der Waals surface area contributed by atoms with Crippen molar-refractivity contribution in [3.05, 3.63) is 48.4 Å². The van der Waals surface area contributed by atoms with E-state index in [0.717, 1.165) is 46.5 Å². The minimum atomic E-state index is 0.898. The van der Waals surface area contributed by atoms with E-state index in [1.165, 1.54) is 0 Å². The van der Waals surface area contributed by atoms with Crippen LogP contribution in [-0.4, -0.2) is 21.5 Å². The standard InChI is InChI=1S/C17H18N4/c1-3-9-19-17-12(2)15(20-11-21-17)14-8-4-6-13-7-5-10-18-16(13)14/h4-8,10-11H,3,9H2,1-2H3,(H,19,20,21). The van der Waals surface area contributed by atoms with E-state index < -0.39 is 0 Å². The number of para-hydroxylation sites is 1. The van der Waals surface area contributed by atoms with Gasteiger partial charge in [0.25, 0.3) is 0 Å². The molecule has 0 fully saturated rings. The highest BCUT2D eigenvalue weighted by Crippen LogP contribution is 2.29. The van der Waals surface area contributed by atoms with Gasteiger partial charge in [0.05, 0.1) is 11.2 Å². The van der Waals surface area contributed by atoms with E-state index in [1.807, 2.05) is 18.3 Å². The van der Waals surface area contributed by atoms with Gasteiger partial charge in [-0.2, -0.15) is 0 Å². The van der Waals surface area contributed by atoms with E-state index in [-0.39, 0.29) is 0 Å². The van der Waals surface area contributed by atoms with Gasteiger partial charge >= 0.3 is 0 Å². The fourth-order valence-electron chi connectivity index (χ4n) is 2.44. The Labute approximate surface area is 124 Å². The second-order valence-corrected chi connectivity index (χ2v) is 5.00. The van der Waals surface area contributed by atoms with E-state index >= 15 is 0 Å². The molecular weight excluding hydrogens is 260 g/mol. The fourth-order valence-corrected chi connectivity index (χ4v) is 2.44. The van der Waals surface area contributed by atoms with Gasteiger partial charge in [-0.05, 0) is 19.4 Å². The number of anilines is 1. The van der Waals surface area contributed by atoms with Gasteiger partial charge in [-0.1, -0.05) is 31.2 Å². The summed E-state index contributed by atoms with van der Waals surface area (Å²) in [4.78, 5) is 13.3. The predicted octanol–water partition coefficient (Wildman–Crippen LogP) is 3.82. The average Bonchev–Trinajstić information content (AvgIpc) is 2.53. The molecule has 106 valence electrons. The maximum absolute atomic E-state index is 4.51. The normalized spacial score (nSPS) is 10.8. The van der Waals surface area contributed by atoms with Crippen molar-refractivity contribution in [3.63, 3.8) is 0 Å². The van der Waals surface area contributed by atoms with Crippen molar-refractivity contribution in [2.24, 2.45) is 0 Å². The highest BCUT2D eigenvalue weighted by molar-refractivity contribution is 5.93. The third-order valence-corrected chi connectivity index (χ3v) is 3.51. The summed E-state index contributed by atoms with van der Waals surface area (Å²) in [6, 6.07) is 10.2. The first-order chi connectivity index (χ1) is 10.3. The zero-order chi connectivity index (χ0) is 14.7.